The van der Waals surface area contributed by atoms with Crippen LogP contribution in [0, 0.1) is 17.0 Å². The Balaban J connectivity index is 1.88. The third kappa shape index (κ3) is 5.27. The van der Waals surface area contributed by atoms with Crippen LogP contribution in [-0.2, 0) is 11.3 Å². The first-order valence-electron chi connectivity index (χ1n) is 7.94. The number of carbonyl (C=O) groups excluding carboxylic acids is 1. The van der Waals surface area contributed by atoms with Crippen LogP contribution >= 0.6 is 0 Å². The number of ether oxygens (including phenoxy) is 1. The number of aliphatic hydroxyl groups excluding tert-OH is 2. The van der Waals surface area contributed by atoms with E-state index in [2.05, 4.69) is 5.32 Å². The SMILES string of the molecule is Cc1ccc([N+](=O)[O-])cc1C(O)C(O)CNC(=O)OCc1ccccc1. The number of carbonyl (C=O) groups is 1. The fraction of sp³-hybridized carbons (Fsp3) is 0.278. The number of hydrogen-bond acceptors (Lipinski definition) is 6. The van der Waals surface area contributed by atoms with Crippen molar-refractivity contribution in [3.8, 4) is 0 Å². The van der Waals surface area contributed by atoms with Crippen molar-refractivity contribution in [2.24, 2.45) is 0 Å². The molecule has 2 rings (SSSR count). The number of alkyl carbamates (subject to hydrolysis) is 1. The predicted octanol–water partition coefficient (Wildman–Crippen LogP) is 2.22. The summed E-state index contributed by atoms with van der Waals surface area (Å²) < 4.78 is 5.01. The maximum absolute atomic E-state index is 11.7. The number of nitro groups is 1. The van der Waals surface area contributed by atoms with Crippen molar-refractivity contribution in [1.29, 1.82) is 0 Å². The van der Waals surface area contributed by atoms with Gasteiger partial charge < -0.3 is 20.3 Å². The molecule has 2 aromatic carbocycles. The number of nitro benzene ring substituents is 1. The largest absolute Gasteiger partial charge is 0.445 e. The van der Waals surface area contributed by atoms with Gasteiger partial charge in [0.25, 0.3) is 5.69 Å². The second-order valence-corrected chi connectivity index (χ2v) is 5.75. The van der Waals surface area contributed by atoms with Crippen LogP contribution in [0.4, 0.5) is 10.5 Å². The van der Waals surface area contributed by atoms with Gasteiger partial charge in [0, 0.05) is 18.7 Å². The lowest BCUT2D eigenvalue weighted by Crippen LogP contribution is -2.36. The zero-order chi connectivity index (χ0) is 19.1. The molecule has 1 amide bonds. The van der Waals surface area contributed by atoms with Crippen molar-refractivity contribution >= 4 is 11.8 Å². The Morgan fingerprint density at radius 2 is 1.92 bits per heavy atom. The number of aryl methyl sites for hydroxylation is 1. The van der Waals surface area contributed by atoms with Gasteiger partial charge in [-0.15, -0.1) is 0 Å². The van der Waals surface area contributed by atoms with Gasteiger partial charge in [0.2, 0.25) is 0 Å². The number of rotatable bonds is 7. The quantitative estimate of drug-likeness (QED) is 0.514. The summed E-state index contributed by atoms with van der Waals surface area (Å²) in [6.07, 6.45) is -3.47. The highest BCUT2D eigenvalue weighted by Crippen LogP contribution is 2.25. The minimum absolute atomic E-state index is 0.0787. The smallest absolute Gasteiger partial charge is 0.407 e. The number of amides is 1. The standard InChI is InChI=1S/C18H20N2O6/c1-12-7-8-14(20(24)25)9-15(12)17(22)16(21)10-19-18(23)26-11-13-5-3-2-4-6-13/h2-9,16-17,21-22H,10-11H2,1H3,(H,19,23). The van der Waals surface area contributed by atoms with Gasteiger partial charge in [-0.2, -0.15) is 0 Å². The first kappa shape index (κ1) is 19.4. The normalized spacial score (nSPS) is 12.9. The second kappa shape index (κ2) is 8.93. The van der Waals surface area contributed by atoms with E-state index in [1.165, 1.54) is 18.2 Å². The molecule has 0 aliphatic rings. The summed E-state index contributed by atoms with van der Waals surface area (Å²) in [7, 11) is 0. The molecule has 0 bridgehead atoms. The lowest BCUT2D eigenvalue weighted by molar-refractivity contribution is -0.385. The minimum atomic E-state index is -1.38. The third-order valence-electron chi connectivity index (χ3n) is 3.83. The van der Waals surface area contributed by atoms with E-state index in [0.29, 0.717) is 5.56 Å². The van der Waals surface area contributed by atoms with E-state index in [0.717, 1.165) is 5.56 Å². The number of hydrogen-bond donors (Lipinski definition) is 3. The maximum atomic E-state index is 11.7. The molecule has 0 aromatic heterocycles. The van der Waals surface area contributed by atoms with Crippen LogP contribution in [-0.4, -0.2) is 33.9 Å². The summed E-state index contributed by atoms with van der Waals surface area (Å²) in [4.78, 5) is 21.9. The van der Waals surface area contributed by atoms with E-state index in [1.54, 1.807) is 19.1 Å². The van der Waals surface area contributed by atoms with Crippen molar-refractivity contribution < 1.29 is 24.7 Å². The molecule has 0 aliphatic heterocycles. The van der Waals surface area contributed by atoms with Crippen LogP contribution in [0.3, 0.4) is 0 Å². The molecule has 0 aliphatic carbocycles. The molecule has 0 heterocycles. The average molecular weight is 360 g/mol. The summed E-state index contributed by atoms with van der Waals surface area (Å²) in [6.45, 7) is 1.47. The molecule has 138 valence electrons. The Labute approximate surface area is 150 Å². The Kier molecular flexibility index (Phi) is 6.65. The first-order chi connectivity index (χ1) is 12.4. The Morgan fingerprint density at radius 1 is 1.23 bits per heavy atom. The minimum Gasteiger partial charge on any atom is -0.445 e. The van der Waals surface area contributed by atoms with Crippen LogP contribution in [0.15, 0.2) is 48.5 Å². The third-order valence-corrected chi connectivity index (χ3v) is 3.83. The zero-order valence-corrected chi connectivity index (χ0v) is 14.2. The Hall–Kier alpha value is -2.97. The summed E-state index contributed by atoms with van der Waals surface area (Å²) in [5, 5.41) is 33.5. The molecule has 8 heteroatoms. The first-order valence-corrected chi connectivity index (χ1v) is 7.94. The highest BCUT2D eigenvalue weighted by atomic mass is 16.6. The predicted molar refractivity (Wildman–Crippen MR) is 93.4 cm³/mol. The van der Waals surface area contributed by atoms with Crippen LogP contribution in [0.5, 0.6) is 0 Å². The van der Waals surface area contributed by atoms with E-state index < -0.39 is 23.2 Å². The maximum Gasteiger partial charge on any atom is 0.407 e. The fourth-order valence-electron chi connectivity index (χ4n) is 2.34. The number of aliphatic hydroxyl groups is 2. The van der Waals surface area contributed by atoms with Crippen molar-refractivity contribution in [3.63, 3.8) is 0 Å². The van der Waals surface area contributed by atoms with Gasteiger partial charge in [0.1, 0.15) is 18.8 Å². The van der Waals surface area contributed by atoms with Gasteiger partial charge in [0.05, 0.1) is 4.92 Å². The van der Waals surface area contributed by atoms with Crippen molar-refractivity contribution in [3.05, 3.63) is 75.3 Å². The van der Waals surface area contributed by atoms with E-state index in [4.69, 9.17) is 4.74 Å². The lowest BCUT2D eigenvalue weighted by Gasteiger charge is -2.20. The van der Waals surface area contributed by atoms with Crippen molar-refractivity contribution in [2.75, 3.05) is 6.54 Å². The molecule has 0 saturated heterocycles. The molecular formula is C18H20N2O6. The molecule has 2 aromatic rings. The molecule has 26 heavy (non-hydrogen) atoms. The van der Waals surface area contributed by atoms with E-state index >= 15 is 0 Å². The Morgan fingerprint density at radius 3 is 2.58 bits per heavy atom. The fourth-order valence-corrected chi connectivity index (χ4v) is 2.34. The number of benzene rings is 2. The highest BCUT2D eigenvalue weighted by molar-refractivity contribution is 5.67. The number of nitrogens with zero attached hydrogens (tertiary/aromatic N) is 1. The summed E-state index contributed by atoms with van der Waals surface area (Å²) in [5.74, 6) is 0. The van der Waals surface area contributed by atoms with Crippen LogP contribution < -0.4 is 5.32 Å². The van der Waals surface area contributed by atoms with Gasteiger partial charge in [0.15, 0.2) is 0 Å². The molecule has 0 fully saturated rings. The molecule has 8 nitrogen and oxygen atoms in total. The van der Waals surface area contributed by atoms with Crippen LogP contribution in [0.2, 0.25) is 0 Å². The van der Waals surface area contributed by atoms with E-state index in [9.17, 15) is 25.1 Å². The topological polar surface area (TPSA) is 122 Å². The number of non-ortho nitro benzene ring substituents is 1. The van der Waals surface area contributed by atoms with E-state index in [-0.39, 0.29) is 24.4 Å². The zero-order valence-electron chi connectivity index (χ0n) is 14.2. The van der Waals surface area contributed by atoms with Gasteiger partial charge >= 0.3 is 6.09 Å². The Bertz CT molecular complexity index is 766. The van der Waals surface area contributed by atoms with Crippen molar-refractivity contribution in [2.45, 2.75) is 25.7 Å². The molecule has 0 radical (unpaired) electrons. The van der Waals surface area contributed by atoms with Crippen LogP contribution in [0.1, 0.15) is 22.8 Å². The molecule has 0 saturated carbocycles. The van der Waals surface area contributed by atoms with Gasteiger partial charge in [-0.05, 0) is 23.6 Å². The lowest BCUT2D eigenvalue weighted by atomic mass is 9.98. The summed E-state index contributed by atoms with van der Waals surface area (Å²) >= 11 is 0. The van der Waals surface area contributed by atoms with Gasteiger partial charge in [-0.25, -0.2) is 4.79 Å². The van der Waals surface area contributed by atoms with Gasteiger partial charge in [-0.3, -0.25) is 10.1 Å². The van der Waals surface area contributed by atoms with Crippen molar-refractivity contribution in [1.82, 2.24) is 5.32 Å². The average Bonchev–Trinajstić information content (AvgIpc) is 2.64. The van der Waals surface area contributed by atoms with Crippen LogP contribution in [0.25, 0.3) is 0 Å². The summed E-state index contributed by atoms with van der Waals surface area (Å²) in [5.41, 5.74) is 1.45. The van der Waals surface area contributed by atoms with Gasteiger partial charge in [-0.1, -0.05) is 36.4 Å². The highest BCUT2D eigenvalue weighted by Gasteiger charge is 2.23. The molecular weight excluding hydrogens is 340 g/mol. The number of nitrogens with one attached hydrogen (secondary N) is 1. The van der Waals surface area contributed by atoms with E-state index in [1.807, 2.05) is 18.2 Å². The summed E-state index contributed by atoms with van der Waals surface area (Å²) in [6, 6.07) is 13.1. The molecule has 3 N–H and O–H groups in total. The molecule has 0 spiro atoms. The molecule has 2 unspecified atom stereocenters. The molecule has 2 atom stereocenters. The second-order valence-electron chi connectivity index (χ2n) is 5.75. The monoisotopic (exact) mass is 360 g/mol.